The Balaban J connectivity index is 2.72. The van der Waals surface area contributed by atoms with E-state index in [0.29, 0.717) is 18.6 Å². The van der Waals surface area contributed by atoms with E-state index in [4.69, 9.17) is 4.74 Å². The number of benzene rings is 1. The molecular formula is C18H27NO4. The second-order valence-corrected chi connectivity index (χ2v) is 6.02. The van der Waals surface area contributed by atoms with Gasteiger partial charge in [0.1, 0.15) is 5.75 Å². The monoisotopic (exact) mass is 321 g/mol. The maximum atomic E-state index is 12.2. The molecule has 5 heteroatoms. The van der Waals surface area contributed by atoms with Gasteiger partial charge in [-0.25, -0.2) is 0 Å². The van der Waals surface area contributed by atoms with Crippen LogP contribution in [0.1, 0.15) is 46.1 Å². The third kappa shape index (κ3) is 5.27. The predicted molar refractivity (Wildman–Crippen MR) is 89.6 cm³/mol. The summed E-state index contributed by atoms with van der Waals surface area (Å²) in [5.41, 5.74) is -0.100. The highest BCUT2D eigenvalue weighted by Gasteiger charge is 2.35. The Kier molecular flexibility index (Phi) is 7.07. The lowest BCUT2D eigenvalue weighted by Crippen LogP contribution is -2.42. The largest absolute Gasteiger partial charge is 0.491 e. The number of carboxylic acid groups (broad SMARTS) is 1. The van der Waals surface area contributed by atoms with Crippen LogP contribution in [0.5, 0.6) is 5.75 Å². The molecule has 2 N–H and O–H groups in total. The quantitative estimate of drug-likeness (QED) is 0.733. The minimum absolute atomic E-state index is 0.0269. The van der Waals surface area contributed by atoms with Crippen LogP contribution in [0.25, 0.3) is 0 Å². The van der Waals surface area contributed by atoms with Crippen molar-refractivity contribution >= 4 is 11.9 Å². The lowest BCUT2D eigenvalue weighted by molar-refractivity contribution is -0.149. The van der Waals surface area contributed by atoms with Gasteiger partial charge < -0.3 is 15.2 Å². The number of hydrogen-bond acceptors (Lipinski definition) is 3. The summed E-state index contributed by atoms with van der Waals surface area (Å²) in [6.07, 6.45) is 1.16. The molecule has 0 unspecified atom stereocenters. The van der Waals surface area contributed by atoms with Crippen molar-refractivity contribution in [1.29, 1.82) is 0 Å². The van der Waals surface area contributed by atoms with Crippen molar-refractivity contribution in [2.24, 2.45) is 5.41 Å². The fraction of sp³-hybridized carbons (Fsp3) is 0.556. The molecule has 5 nitrogen and oxygen atoms in total. The summed E-state index contributed by atoms with van der Waals surface area (Å²) in [5, 5.41) is 12.2. The first-order chi connectivity index (χ1) is 10.8. The van der Waals surface area contributed by atoms with Gasteiger partial charge in [-0.15, -0.1) is 0 Å². The average molecular weight is 321 g/mol. The van der Waals surface area contributed by atoms with Gasteiger partial charge in [0, 0.05) is 12.1 Å². The molecule has 0 atom stereocenters. The zero-order valence-electron chi connectivity index (χ0n) is 14.4. The first-order valence-corrected chi connectivity index (χ1v) is 8.09. The van der Waals surface area contributed by atoms with Crippen molar-refractivity contribution < 1.29 is 19.4 Å². The number of carbonyl (C=O) groups excluding carboxylic acids is 1. The van der Waals surface area contributed by atoms with Gasteiger partial charge in [-0.1, -0.05) is 32.0 Å². The lowest BCUT2D eigenvalue weighted by Gasteiger charge is -2.26. The van der Waals surface area contributed by atoms with E-state index in [9.17, 15) is 14.7 Å². The van der Waals surface area contributed by atoms with E-state index in [1.165, 1.54) is 0 Å². The summed E-state index contributed by atoms with van der Waals surface area (Å²) in [6, 6.07) is 7.40. The molecule has 0 bridgehead atoms. The minimum Gasteiger partial charge on any atom is -0.491 e. The molecule has 0 spiro atoms. The molecule has 1 aromatic carbocycles. The maximum Gasteiger partial charge on any atom is 0.311 e. The van der Waals surface area contributed by atoms with Crippen LogP contribution in [0.15, 0.2) is 24.3 Å². The van der Waals surface area contributed by atoms with E-state index in [-0.39, 0.29) is 25.0 Å². The number of nitrogens with one attached hydrogen (secondary N) is 1. The predicted octanol–water partition coefficient (Wildman–Crippen LogP) is 3.02. The summed E-state index contributed by atoms with van der Waals surface area (Å²) < 4.78 is 5.70. The first kappa shape index (κ1) is 19.0. The smallest absolute Gasteiger partial charge is 0.311 e. The van der Waals surface area contributed by atoms with Crippen LogP contribution in [0.3, 0.4) is 0 Å². The van der Waals surface area contributed by atoms with E-state index in [1.54, 1.807) is 0 Å². The molecule has 0 aromatic heterocycles. The molecule has 23 heavy (non-hydrogen) atoms. The Labute approximate surface area is 138 Å². The normalized spacial score (nSPS) is 11.3. The van der Waals surface area contributed by atoms with Gasteiger partial charge in [0.2, 0.25) is 5.91 Å². The number of para-hydroxylation sites is 1. The van der Waals surface area contributed by atoms with Gasteiger partial charge in [-0.2, -0.15) is 0 Å². The van der Waals surface area contributed by atoms with Crippen LogP contribution in [-0.4, -0.2) is 29.6 Å². The highest BCUT2D eigenvalue weighted by Crippen LogP contribution is 2.26. The lowest BCUT2D eigenvalue weighted by atomic mass is 9.82. The summed E-state index contributed by atoms with van der Waals surface area (Å²) >= 11 is 0. The Hall–Kier alpha value is -2.04. The van der Waals surface area contributed by atoms with Crippen LogP contribution >= 0.6 is 0 Å². The molecular weight excluding hydrogens is 294 g/mol. The standard InChI is InChI=1S/C18H27NO4/c1-5-18(6-2,17(21)22)12-19-16(20)11-14-9-7-8-10-15(14)23-13(3)4/h7-10,13H,5-6,11-12H2,1-4H3,(H,19,20)(H,21,22). The van der Waals surface area contributed by atoms with E-state index in [1.807, 2.05) is 52.0 Å². The van der Waals surface area contributed by atoms with Crippen molar-refractivity contribution in [2.45, 2.75) is 53.1 Å². The third-order valence-corrected chi connectivity index (χ3v) is 4.12. The Morgan fingerprint density at radius 2 is 1.83 bits per heavy atom. The number of rotatable bonds is 9. The van der Waals surface area contributed by atoms with Gasteiger partial charge in [0.15, 0.2) is 0 Å². The van der Waals surface area contributed by atoms with Crippen LogP contribution in [0.2, 0.25) is 0 Å². The molecule has 1 rings (SSSR count). The van der Waals surface area contributed by atoms with Gasteiger partial charge in [0.05, 0.1) is 17.9 Å². The molecule has 0 saturated carbocycles. The number of amides is 1. The van der Waals surface area contributed by atoms with Crippen LogP contribution in [-0.2, 0) is 16.0 Å². The molecule has 0 heterocycles. The van der Waals surface area contributed by atoms with Crippen molar-refractivity contribution in [3.05, 3.63) is 29.8 Å². The van der Waals surface area contributed by atoms with Crippen molar-refractivity contribution in [2.75, 3.05) is 6.54 Å². The van der Waals surface area contributed by atoms with E-state index < -0.39 is 11.4 Å². The molecule has 1 aromatic rings. The minimum atomic E-state index is -0.899. The van der Waals surface area contributed by atoms with E-state index in [0.717, 1.165) is 5.56 Å². The van der Waals surface area contributed by atoms with Crippen LogP contribution < -0.4 is 10.1 Å². The molecule has 0 aliphatic heterocycles. The molecule has 0 aliphatic carbocycles. The molecule has 1 amide bonds. The van der Waals surface area contributed by atoms with Gasteiger partial charge in [-0.05, 0) is 32.8 Å². The first-order valence-electron chi connectivity index (χ1n) is 8.09. The number of hydrogen-bond donors (Lipinski definition) is 2. The van der Waals surface area contributed by atoms with Gasteiger partial charge in [0.25, 0.3) is 0 Å². The highest BCUT2D eigenvalue weighted by atomic mass is 16.5. The number of ether oxygens (including phenoxy) is 1. The summed E-state index contributed by atoms with van der Waals surface area (Å²) in [6.45, 7) is 7.66. The number of carboxylic acids is 1. The van der Waals surface area contributed by atoms with Crippen LogP contribution in [0, 0.1) is 5.41 Å². The van der Waals surface area contributed by atoms with Gasteiger partial charge in [-0.3, -0.25) is 9.59 Å². The second-order valence-electron chi connectivity index (χ2n) is 6.02. The summed E-state index contributed by atoms with van der Waals surface area (Å²) in [4.78, 5) is 23.7. The SMILES string of the molecule is CCC(CC)(CNC(=O)Cc1ccccc1OC(C)C)C(=O)O. The Morgan fingerprint density at radius 1 is 1.22 bits per heavy atom. The van der Waals surface area contributed by atoms with Gasteiger partial charge >= 0.3 is 5.97 Å². The van der Waals surface area contributed by atoms with E-state index in [2.05, 4.69) is 5.32 Å². The zero-order valence-corrected chi connectivity index (χ0v) is 14.4. The zero-order chi connectivity index (χ0) is 17.5. The second kappa shape index (κ2) is 8.56. The summed E-state index contributed by atoms with van der Waals surface area (Å²) in [7, 11) is 0. The molecule has 0 fully saturated rings. The molecule has 0 aliphatic rings. The molecule has 128 valence electrons. The van der Waals surface area contributed by atoms with Crippen LogP contribution in [0.4, 0.5) is 0 Å². The van der Waals surface area contributed by atoms with E-state index >= 15 is 0 Å². The Morgan fingerprint density at radius 3 is 2.35 bits per heavy atom. The number of aliphatic carboxylic acids is 1. The summed E-state index contributed by atoms with van der Waals surface area (Å²) in [5.74, 6) is -0.378. The average Bonchev–Trinajstić information content (AvgIpc) is 2.50. The molecule has 0 radical (unpaired) electrons. The van der Waals surface area contributed by atoms with Crippen molar-refractivity contribution in [1.82, 2.24) is 5.32 Å². The molecule has 0 saturated heterocycles. The third-order valence-electron chi connectivity index (χ3n) is 4.12. The highest BCUT2D eigenvalue weighted by molar-refractivity contribution is 5.81. The fourth-order valence-electron chi connectivity index (χ4n) is 2.40. The maximum absolute atomic E-state index is 12.2. The fourth-order valence-corrected chi connectivity index (χ4v) is 2.40. The van der Waals surface area contributed by atoms with Crippen molar-refractivity contribution in [3.8, 4) is 5.75 Å². The number of carbonyl (C=O) groups is 2. The van der Waals surface area contributed by atoms with Crippen molar-refractivity contribution in [3.63, 3.8) is 0 Å². The topological polar surface area (TPSA) is 75.6 Å². The Bertz CT molecular complexity index is 536.